The summed E-state index contributed by atoms with van der Waals surface area (Å²) in [5, 5.41) is 10.8. The van der Waals surface area contributed by atoms with Gasteiger partial charge in [-0.25, -0.2) is 0 Å². The summed E-state index contributed by atoms with van der Waals surface area (Å²) in [7, 11) is 1.50. The zero-order valence-corrected chi connectivity index (χ0v) is 12.7. The van der Waals surface area contributed by atoms with Crippen LogP contribution in [-0.2, 0) is 4.79 Å². The van der Waals surface area contributed by atoms with E-state index in [2.05, 4.69) is 4.74 Å². The number of likely N-dealkylation sites (N-methyl/N-ethyl adjacent to an activating group) is 1. The molecule has 0 spiro atoms. The van der Waals surface area contributed by atoms with E-state index in [1.807, 2.05) is 0 Å². The Morgan fingerprint density at radius 1 is 1.27 bits per heavy atom. The molecule has 1 N–H and O–H groups in total. The first kappa shape index (κ1) is 16.6. The van der Waals surface area contributed by atoms with Crippen molar-refractivity contribution in [3.63, 3.8) is 0 Å². The van der Waals surface area contributed by atoms with Crippen molar-refractivity contribution in [2.24, 2.45) is 5.41 Å². The summed E-state index contributed by atoms with van der Waals surface area (Å²) < 4.78 is 40.8. The van der Waals surface area contributed by atoms with E-state index in [1.54, 1.807) is 26.8 Å². The molecule has 2 rings (SSSR count). The predicted octanol–water partition coefficient (Wildman–Crippen LogP) is 2.88. The molecule has 1 heterocycles. The minimum Gasteiger partial charge on any atom is -0.406 e. The molecule has 7 heteroatoms. The van der Waals surface area contributed by atoms with Crippen molar-refractivity contribution < 1.29 is 27.8 Å². The van der Waals surface area contributed by atoms with Gasteiger partial charge in [0, 0.05) is 12.5 Å². The second-order valence-electron chi connectivity index (χ2n) is 6.46. The molecule has 1 aliphatic heterocycles. The lowest BCUT2D eigenvalue weighted by molar-refractivity contribution is -0.274. The van der Waals surface area contributed by atoms with Crippen LogP contribution < -0.4 is 4.74 Å². The lowest BCUT2D eigenvalue weighted by Gasteiger charge is -2.57. The van der Waals surface area contributed by atoms with Crippen LogP contribution in [0.4, 0.5) is 13.2 Å². The third kappa shape index (κ3) is 2.54. The highest BCUT2D eigenvalue weighted by Crippen LogP contribution is 2.52. The molecule has 0 bridgehead atoms. The van der Waals surface area contributed by atoms with Crippen molar-refractivity contribution in [3.05, 3.63) is 29.8 Å². The molecule has 122 valence electrons. The first-order valence-corrected chi connectivity index (χ1v) is 6.73. The highest BCUT2D eigenvalue weighted by atomic mass is 19.4. The van der Waals surface area contributed by atoms with E-state index < -0.39 is 29.3 Å². The summed E-state index contributed by atoms with van der Waals surface area (Å²) in [6.07, 6.45) is -4.79. The Morgan fingerprint density at radius 2 is 1.86 bits per heavy atom. The minimum atomic E-state index is -4.79. The maximum Gasteiger partial charge on any atom is 0.573 e. The van der Waals surface area contributed by atoms with E-state index in [0.717, 1.165) is 0 Å². The normalized spacial score (nSPS) is 25.9. The number of nitrogens with zero attached hydrogens (tertiary/aromatic N) is 1. The second kappa shape index (κ2) is 4.87. The number of carbonyl (C=O) groups excluding carboxylic acids is 1. The van der Waals surface area contributed by atoms with Gasteiger partial charge in [-0.2, -0.15) is 0 Å². The summed E-state index contributed by atoms with van der Waals surface area (Å²) in [6.45, 7) is 5.13. The lowest BCUT2D eigenvalue weighted by atomic mass is 9.63. The second-order valence-corrected chi connectivity index (χ2v) is 6.46. The molecule has 0 aromatic heterocycles. The van der Waals surface area contributed by atoms with E-state index in [-0.39, 0.29) is 5.75 Å². The molecule has 0 saturated carbocycles. The average Bonchev–Trinajstić information content (AvgIpc) is 2.35. The first-order valence-electron chi connectivity index (χ1n) is 6.73. The van der Waals surface area contributed by atoms with Crippen LogP contribution in [0, 0.1) is 5.41 Å². The molecule has 1 saturated heterocycles. The van der Waals surface area contributed by atoms with Gasteiger partial charge >= 0.3 is 6.36 Å². The fourth-order valence-corrected chi connectivity index (χ4v) is 2.79. The Labute approximate surface area is 126 Å². The Bertz CT molecular complexity index is 594. The zero-order valence-electron chi connectivity index (χ0n) is 12.7. The fraction of sp³-hybridized carbons (Fsp3) is 0.533. The summed E-state index contributed by atoms with van der Waals surface area (Å²) in [6, 6.07) is 4.60. The number of aliphatic hydroxyl groups is 1. The third-order valence-corrected chi connectivity index (χ3v) is 3.98. The maximum absolute atomic E-state index is 12.3. The summed E-state index contributed by atoms with van der Waals surface area (Å²) in [5.41, 5.74) is -2.04. The van der Waals surface area contributed by atoms with Crippen LogP contribution in [0.5, 0.6) is 5.75 Å². The number of benzene rings is 1. The van der Waals surface area contributed by atoms with Crippen LogP contribution in [0.1, 0.15) is 32.4 Å². The topological polar surface area (TPSA) is 49.8 Å². The Kier molecular flexibility index (Phi) is 3.68. The Balaban J connectivity index is 2.39. The van der Waals surface area contributed by atoms with Crippen molar-refractivity contribution in [3.8, 4) is 5.75 Å². The molecule has 0 radical (unpaired) electrons. The SMILES string of the molecule is CN1C(=O)C(O)(C(C)(C)C)C1c1cccc(OC(F)(F)F)c1. The highest BCUT2D eigenvalue weighted by molar-refractivity contribution is 5.93. The molecule has 22 heavy (non-hydrogen) atoms. The van der Waals surface area contributed by atoms with Gasteiger partial charge in [-0.1, -0.05) is 32.9 Å². The largest absolute Gasteiger partial charge is 0.573 e. The van der Waals surface area contributed by atoms with Crippen LogP contribution >= 0.6 is 0 Å². The summed E-state index contributed by atoms with van der Waals surface area (Å²) in [5.74, 6) is -0.832. The molecular weight excluding hydrogens is 299 g/mol. The number of β-lactam (4-membered cyclic amide) rings is 1. The fourth-order valence-electron chi connectivity index (χ4n) is 2.79. The molecule has 1 aromatic carbocycles. The molecule has 4 nitrogen and oxygen atoms in total. The maximum atomic E-state index is 12.3. The number of hydrogen-bond acceptors (Lipinski definition) is 3. The highest BCUT2D eigenvalue weighted by Gasteiger charge is 2.64. The van der Waals surface area contributed by atoms with Gasteiger partial charge in [0.05, 0.1) is 6.04 Å². The van der Waals surface area contributed by atoms with Gasteiger partial charge in [0.2, 0.25) is 0 Å². The average molecular weight is 317 g/mol. The third-order valence-electron chi connectivity index (χ3n) is 3.98. The van der Waals surface area contributed by atoms with E-state index >= 15 is 0 Å². The number of ether oxygens (including phenoxy) is 1. The predicted molar refractivity (Wildman–Crippen MR) is 73.0 cm³/mol. The molecule has 1 aromatic rings. The van der Waals surface area contributed by atoms with Gasteiger partial charge in [-0.3, -0.25) is 4.79 Å². The van der Waals surface area contributed by atoms with Gasteiger partial charge in [-0.05, 0) is 17.7 Å². The number of rotatable bonds is 2. The number of carbonyl (C=O) groups is 1. The van der Waals surface area contributed by atoms with Crippen molar-refractivity contribution >= 4 is 5.91 Å². The summed E-state index contributed by atoms with van der Waals surface area (Å²) in [4.78, 5) is 13.4. The van der Waals surface area contributed by atoms with Crippen LogP contribution in [0.25, 0.3) is 0 Å². The van der Waals surface area contributed by atoms with Crippen molar-refractivity contribution in [2.75, 3.05) is 7.05 Å². The molecule has 1 aliphatic rings. The molecule has 1 amide bonds. The van der Waals surface area contributed by atoms with E-state index in [4.69, 9.17) is 0 Å². The molecular formula is C15H18F3NO3. The van der Waals surface area contributed by atoms with Crippen molar-refractivity contribution in [1.82, 2.24) is 4.90 Å². The number of halogens is 3. The molecule has 2 atom stereocenters. The first-order chi connectivity index (χ1) is 9.88. The molecule has 0 aliphatic carbocycles. The van der Waals surface area contributed by atoms with Gasteiger partial charge in [0.25, 0.3) is 5.91 Å². The lowest BCUT2D eigenvalue weighted by Crippen LogP contribution is -2.72. The van der Waals surface area contributed by atoms with E-state index in [9.17, 15) is 23.1 Å². The molecule has 2 unspecified atom stereocenters. The quantitative estimate of drug-likeness (QED) is 0.853. The zero-order chi connectivity index (χ0) is 16.9. The van der Waals surface area contributed by atoms with Gasteiger partial charge in [0.15, 0.2) is 5.60 Å². The number of alkyl halides is 3. The van der Waals surface area contributed by atoms with Crippen molar-refractivity contribution in [1.29, 1.82) is 0 Å². The van der Waals surface area contributed by atoms with E-state index in [1.165, 1.54) is 30.1 Å². The monoisotopic (exact) mass is 317 g/mol. The number of hydrogen-bond donors (Lipinski definition) is 1. The standard InChI is InChI=1S/C15H18F3NO3/c1-13(2,3)14(21)11(19(4)12(14)20)9-6-5-7-10(8-9)22-15(16,17)18/h5-8,11,21H,1-4H3. The smallest absolute Gasteiger partial charge is 0.406 e. The van der Waals surface area contributed by atoms with Gasteiger partial charge < -0.3 is 14.7 Å². The van der Waals surface area contributed by atoms with Gasteiger partial charge in [-0.15, -0.1) is 13.2 Å². The van der Waals surface area contributed by atoms with Gasteiger partial charge in [0.1, 0.15) is 5.75 Å². The van der Waals surface area contributed by atoms with Crippen LogP contribution in [0.15, 0.2) is 24.3 Å². The van der Waals surface area contributed by atoms with Crippen molar-refractivity contribution in [2.45, 2.75) is 38.8 Å². The Morgan fingerprint density at radius 3 is 2.36 bits per heavy atom. The van der Waals surface area contributed by atoms with E-state index in [0.29, 0.717) is 5.56 Å². The number of likely N-dealkylation sites (tertiary alicyclic amines) is 1. The minimum absolute atomic E-state index is 0.381. The molecule has 1 fully saturated rings. The van der Waals surface area contributed by atoms with Crippen LogP contribution in [-0.4, -0.2) is 34.9 Å². The summed E-state index contributed by atoms with van der Waals surface area (Å²) >= 11 is 0. The van der Waals surface area contributed by atoms with Crippen LogP contribution in [0.2, 0.25) is 0 Å². The Hall–Kier alpha value is -1.76. The van der Waals surface area contributed by atoms with Crippen LogP contribution in [0.3, 0.4) is 0 Å². The number of amides is 1.